The highest BCUT2D eigenvalue weighted by atomic mass is 32.1. The van der Waals surface area contributed by atoms with Crippen molar-refractivity contribution < 1.29 is 14.7 Å². The Balaban J connectivity index is 1.93. The standard InChI is InChI=1S/C14H10N2O3S/c1-7-15-12-13(19)10(6-11(18)14(12)20-7)16-8-2-4-9(17)5-3-8/h2-6,16-17H,1H3. The fraction of sp³-hybridized carbons (Fsp3) is 0.0714. The fourth-order valence-electron chi connectivity index (χ4n) is 1.93. The van der Waals surface area contributed by atoms with Gasteiger partial charge in [-0.25, -0.2) is 4.98 Å². The van der Waals surface area contributed by atoms with E-state index in [9.17, 15) is 14.7 Å². The molecule has 5 nitrogen and oxygen atoms in total. The number of hydrogen-bond donors (Lipinski definition) is 2. The van der Waals surface area contributed by atoms with Crippen molar-refractivity contribution in [2.75, 3.05) is 5.32 Å². The molecule has 0 spiro atoms. The summed E-state index contributed by atoms with van der Waals surface area (Å²) in [7, 11) is 0. The van der Waals surface area contributed by atoms with Crippen molar-refractivity contribution in [3.63, 3.8) is 0 Å². The molecular weight excluding hydrogens is 276 g/mol. The van der Waals surface area contributed by atoms with E-state index in [-0.39, 0.29) is 28.7 Å². The van der Waals surface area contributed by atoms with Crippen LogP contribution in [0.15, 0.2) is 36.0 Å². The third-order valence-corrected chi connectivity index (χ3v) is 3.82. The van der Waals surface area contributed by atoms with Gasteiger partial charge in [0.2, 0.25) is 5.78 Å². The lowest BCUT2D eigenvalue weighted by molar-refractivity contribution is 0.0985. The van der Waals surface area contributed by atoms with Crippen molar-refractivity contribution in [2.24, 2.45) is 0 Å². The van der Waals surface area contributed by atoms with E-state index in [1.165, 1.54) is 29.5 Å². The number of Topliss-reactive ketones (excluding diaryl/α,β-unsaturated/α-hetero) is 1. The Labute approximate surface area is 118 Å². The Kier molecular flexibility index (Phi) is 2.87. The fourth-order valence-corrected chi connectivity index (χ4v) is 2.76. The number of nitrogens with zero attached hydrogens (tertiary/aromatic N) is 1. The summed E-state index contributed by atoms with van der Waals surface area (Å²) in [4.78, 5) is 28.7. The zero-order valence-electron chi connectivity index (χ0n) is 10.5. The van der Waals surface area contributed by atoms with Crippen LogP contribution in [0, 0.1) is 6.92 Å². The van der Waals surface area contributed by atoms with Crippen molar-refractivity contribution in [3.8, 4) is 5.75 Å². The SMILES string of the molecule is Cc1nc2c(s1)C(=O)C=C(Nc1ccc(O)cc1)C2=O. The van der Waals surface area contributed by atoms with Gasteiger partial charge in [-0.2, -0.15) is 0 Å². The van der Waals surface area contributed by atoms with Gasteiger partial charge in [-0.15, -0.1) is 11.3 Å². The van der Waals surface area contributed by atoms with E-state index in [1.54, 1.807) is 19.1 Å². The van der Waals surface area contributed by atoms with Crippen LogP contribution in [0.4, 0.5) is 5.69 Å². The smallest absolute Gasteiger partial charge is 0.229 e. The van der Waals surface area contributed by atoms with Gasteiger partial charge in [-0.1, -0.05) is 0 Å². The van der Waals surface area contributed by atoms with E-state index in [1.807, 2.05) is 0 Å². The first kappa shape index (κ1) is 12.6. The molecule has 100 valence electrons. The van der Waals surface area contributed by atoms with Gasteiger partial charge < -0.3 is 10.4 Å². The lowest BCUT2D eigenvalue weighted by Gasteiger charge is -2.13. The molecule has 0 amide bonds. The molecule has 1 aromatic heterocycles. The third-order valence-electron chi connectivity index (χ3n) is 2.84. The van der Waals surface area contributed by atoms with Gasteiger partial charge in [0.25, 0.3) is 0 Å². The van der Waals surface area contributed by atoms with Crippen LogP contribution in [-0.4, -0.2) is 21.7 Å². The first-order chi connectivity index (χ1) is 9.54. The number of anilines is 1. The summed E-state index contributed by atoms with van der Waals surface area (Å²) in [5, 5.41) is 12.8. The number of fused-ring (bicyclic) bond motifs is 1. The minimum absolute atomic E-state index is 0.132. The van der Waals surface area contributed by atoms with Crippen molar-refractivity contribution in [1.82, 2.24) is 4.98 Å². The number of aromatic nitrogens is 1. The summed E-state index contributed by atoms with van der Waals surface area (Å²) >= 11 is 1.23. The van der Waals surface area contributed by atoms with Crippen LogP contribution >= 0.6 is 11.3 Å². The van der Waals surface area contributed by atoms with Gasteiger partial charge in [0.15, 0.2) is 5.78 Å². The zero-order chi connectivity index (χ0) is 14.3. The van der Waals surface area contributed by atoms with Crippen LogP contribution in [0.25, 0.3) is 0 Å². The molecule has 2 N–H and O–H groups in total. The number of phenolic OH excluding ortho intramolecular Hbond substituents is 1. The Morgan fingerprint density at radius 1 is 1.20 bits per heavy atom. The molecule has 0 bridgehead atoms. The number of phenols is 1. The van der Waals surface area contributed by atoms with Gasteiger partial charge in [0, 0.05) is 11.8 Å². The predicted molar refractivity (Wildman–Crippen MR) is 75.3 cm³/mol. The third kappa shape index (κ3) is 2.10. The second-order valence-electron chi connectivity index (χ2n) is 4.33. The number of aromatic hydroxyl groups is 1. The average Bonchev–Trinajstić information content (AvgIpc) is 2.81. The number of aryl methyl sites for hydroxylation is 1. The van der Waals surface area contributed by atoms with Crippen LogP contribution in [0.3, 0.4) is 0 Å². The van der Waals surface area contributed by atoms with Gasteiger partial charge >= 0.3 is 0 Å². The van der Waals surface area contributed by atoms with Crippen molar-refractivity contribution in [1.29, 1.82) is 0 Å². The summed E-state index contributed by atoms with van der Waals surface area (Å²) in [6.07, 6.45) is 1.29. The van der Waals surface area contributed by atoms with Gasteiger partial charge in [-0.3, -0.25) is 9.59 Å². The zero-order valence-corrected chi connectivity index (χ0v) is 11.3. The minimum atomic E-state index is -0.294. The van der Waals surface area contributed by atoms with Crippen LogP contribution in [-0.2, 0) is 0 Å². The van der Waals surface area contributed by atoms with Crippen molar-refractivity contribution in [3.05, 3.63) is 51.6 Å². The molecule has 0 atom stereocenters. The molecule has 1 heterocycles. The molecule has 6 heteroatoms. The molecule has 0 radical (unpaired) electrons. The summed E-state index contributed by atoms with van der Waals surface area (Å²) in [6.45, 7) is 1.76. The molecule has 0 unspecified atom stereocenters. The Bertz CT molecular complexity index is 744. The Morgan fingerprint density at radius 3 is 2.60 bits per heavy atom. The number of carbonyl (C=O) groups is 2. The van der Waals surface area contributed by atoms with E-state index in [0.717, 1.165) is 0 Å². The number of hydrogen-bond acceptors (Lipinski definition) is 6. The van der Waals surface area contributed by atoms with E-state index in [4.69, 9.17) is 0 Å². The van der Waals surface area contributed by atoms with E-state index >= 15 is 0 Å². The highest BCUT2D eigenvalue weighted by Gasteiger charge is 2.29. The van der Waals surface area contributed by atoms with Crippen molar-refractivity contribution >= 4 is 28.6 Å². The van der Waals surface area contributed by atoms with Crippen LogP contribution in [0.2, 0.25) is 0 Å². The lowest BCUT2D eigenvalue weighted by atomic mass is 10.0. The van der Waals surface area contributed by atoms with Crippen LogP contribution < -0.4 is 5.32 Å². The Morgan fingerprint density at radius 2 is 1.90 bits per heavy atom. The molecule has 0 aliphatic heterocycles. The quantitative estimate of drug-likeness (QED) is 0.829. The number of rotatable bonds is 2. The first-order valence-electron chi connectivity index (χ1n) is 5.89. The average molecular weight is 286 g/mol. The van der Waals surface area contributed by atoms with E-state index in [0.29, 0.717) is 15.6 Å². The highest BCUT2D eigenvalue weighted by Crippen LogP contribution is 2.27. The van der Waals surface area contributed by atoms with Gasteiger partial charge in [-0.05, 0) is 31.2 Å². The number of benzene rings is 1. The molecule has 1 aliphatic carbocycles. The summed E-state index contributed by atoms with van der Waals surface area (Å²) < 4.78 is 0. The monoisotopic (exact) mass is 286 g/mol. The minimum Gasteiger partial charge on any atom is -0.508 e. The molecule has 3 rings (SSSR count). The van der Waals surface area contributed by atoms with E-state index < -0.39 is 0 Å². The summed E-state index contributed by atoms with van der Waals surface area (Å²) in [5.41, 5.74) is 1.02. The molecule has 0 fully saturated rings. The largest absolute Gasteiger partial charge is 0.508 e. The van der Waals surface area contributed by atoms with Gasteiger partial charge in [0.1, 0.15) is 16.3 Å². The number of carbonyl (C=O) groups excluding carboxylic acids is 2. The molecule has 20 heavy (non-hydrogen) atoms. The molecule has 2 aromatic rings. The normalized spacial score (nSPS) is 13.9. The summed E-state index contributed by atoms with van der Waals surface area (Å²) in [6, 6.07) is 6.23. The second kappa shape index (κ2) is 4.57. The number of allylic oxidation sites excluding steroid dienone is 2. The topological polar surface area (TPSA) is 79.3 Å². The van der Waals surface area contributed by atoms with E-state index in [2.05, 4.69) is 10.3 Å². The second-order valence-corrected chi connectivity index (χ2v) is 5.54. The van der Waals surface area contributed by atoms with Crippen LogP contribution in [0.5, 0.6) is 5.75 Å². The number of thiazole rings is 1. The lowest BCUT2D eigenvalue weighted by Crippen LogP contribution is -2.20. The summed E-state index contributed by atoms with van der Waals surface area (Å²) in [5.74, 6) is -0.378. The maximum absolute atomic E-state index is 12.3. The molecule has 0 saturated heterocycles. The number of nitrogens with one attached hydrogen (secondary N) is 1. The highest BCUT2D eigenvalue weighted by molar-refractivity contribution is 7.14. The van der Waals surface area contributed by atoms with Gasteiger partial charge in [0.05, 0.1) is 10.7 Å². The number of ketones is 2. The van der Waals surface area contributed by atoms with Crippen molar-refractivity contribution in [2.45, 2.75) is 6.92 Å². The molecule has 0 saturated carbocycles. The molecule has 1 aromatic carbocycles. The maximum atomic E-state index is 12.3. The molecule has 1 aliphatic rings. The Hall–Kier alpha value is -2.47. The van der Waals surface area contributed by atoms with Crippen LogP contribution in [0.1, 0.15) is 25.2 Å². The molecular formula is C14H10N2O3S. The maximum Gasteiger partial charge on any atom is 0.229 e. The first-order valence-corrected chi connectivity index (χ1v) is 6.70. The predicted octanol–water partition coefficient (Wildman–Crippen LogP) is 2.53.